The summed E-state index contributed by atoms with van der Waals surface area (Å²) in [6.45, 7) is 7.45. The second-order valence-corrected chi connectivity index (χ2v) is 5.17. The van der Waals surface area contributed by atoms with Gasteiger partial charge in [0.25, 0.3) is 0 Å². The Bertz CT molecular complexity index is 218. The minimum absolute atomic E-state index is 0.0221. The highest BCUT2D eigenvalue weighted by atomic mass is 16.1. The lowest BCUT2D eigenvalue weighted by Crippen LogP contribution is -2.47. The first-order chi connectivity index (χ1) is 7.59. The molecule has 2 N–H and O–H groups in total. The minimum Gasteiger partial charge on any atom is -0.351 e. The van der Waals surface area contributed by atoms with E-state index in [0.29, 0.717) is 12.5 Å². The molecule has 1 unspecified atom stereocenters. The third kappa shape index (κ3) is 4.12. The van der Waals surface area contributed by atoms with Gasteiger partial charge < -0.3 is 10.6 Å². The molecule has 0 saturated carbocycles. The van der Waals surface area contributed by atoms with Crippen LogP contribution in [0.15, 0.2) is 0 Å². The van der Waals surface area contributed by atoms with Crippen molar-refractivity contribution in [1.82, 2.24) is 10.6 Å². The zero-order valence-corrected chi connectivity index (χ0v) is 10.9. The topological polar surface area (TPSA) is 41.1 Å². The van der Waals surface area contributed by atoms with Gasteiger partial charge in [0.2, 0.25) is 5.91 Å². The van der Waals surface area contributed by atoms with Crippen molar-refractivity contribution in [3.63, 3.8) is 0 Å². The monoisotopic (exact) mass is 226 g/mol. The summed E-state index contributed by atoms with van der Waals surface area (Å²) >= 11 is 0. The Labute approximate surface area is 99.4 Å². The van der Waals surface area contributed by atoms with Crippen LogP contribution in [0.25, 0.3) is 0 Å². The molecule has 1 saturated heterocycles. The summed E-state index contributed by atoms with van der Waals surface area (Å²) < 4.78 is 0. The Morgan fingerprint density at radius 1 is 1.38 bits per heavy atom. The highest BCUT2D eigenvalue weighted by Gasteiger charge is 2.24. The van der Waals surface area contributed by atoms with E-state index in [-0.39, 0.29) is 11.4 Å². The molecule has 3 nitrogen and oxygen atoms in total. The van der Waals surface area contributed by atoms with Crippen LogP contribution in [0.2, 0.25) is 0 Å². The van der Waals surface area contributed by atoms with E-state index in [9.17, 15) is 4.79 Å². The van der Waals surface area contributed by atoms with Crippen LogP contribution in [-0.4, -0.2) is 24.0 Å². The summed E-state index contributed by atoms with van der Waals surface area (Å²) in [5.41, 5.74) is -0.0221. The Balaban J connectivity index is 2.34. The summed E-state index contributed by atoms with van der Waals surface area (Å²) in [5.74, 6) is 0.200. The average Bonchev–Trinajstić information content (AvgIpc) is 2.30. The number of amides is 1. The van der Waals surface area contributed by atoms with Gasteiger partial charge in [-0.2, -0.15) is 0 Å². The van der Waals surface area contributed by atoms with Gasteiger partial charge in [0.05, 0.1) is 0 Å². The minimum atomic E-state index is -0.0221. The van der Waals surface area contributed by atoms with Crippen molar-refractivity contribution in [2.75, 3.05) is 6.54 Å². The van der Waals surface area contributed by atoms with Crippen LogP contribution in [0.4, 0.5) is 0 Å². The summed E-state index contributed by atoms with van der Waals surface area (Å²) in [6, 6.07) is 0.395. The molecule has 0 radical (unpaired) electrons. The van der Waals surface area contributed by atoms with E-state index >= 15 is 0 Å². The lowest BCUT2D eigenvalue weighted by molar-refractivity contribution is -0.123. The SMILES string of the molecule is CCC(C)(CC)NC(=O)CC1CCCCN1. The van der Waals surface area contributed by atoms with Crippen LogP contribution < -0.4 is 10.6 Å². The largest absolute Gasteiger partial charge is 0.351 e. The van der Waals surface area contributed by atoms with E-state index in [4.69, 9.17) is 0 Å². The van der Waals surface area contributed by atoms with E-state index in [0.717, 1.165) is 25.8 Å². The second-order valence-electron chi connectivity index (χ2n) is 5.17. The molecule has 0 bridgehead atoms. The number of carbonyl (C=O) groups is 1. The molecule has 0 aromatic carbocycles. The molecule has 1 rings (SSSR count). The van der Waals surface area contributed by atoms with Gasteiger partial charge in [0, 0.05) is 18.0 Å². The van der Waals surface area contributed by atoms with Gasteiger partial charge >= 0.3 is 0 Å². The molecule has 0 aliphatic carbocycles. The molecular weight excluding hydrogens is 200 g/mol. The van der Waals surface area contributed by atoms with Crippen molar-refractivity contribution in [2.24, 2.45) is 0 Å². The Morgan fingerprint density at radius 3 is 2.56 bits per heavy atom. The zero-order chi connectivity index (χ0) is 12.0. The number of piperidine rings is 1. The maximum atomic E-state index is 11.9. The van der Waals surface area contributed by atoms with E-state index in [2.05, 4.69) is 31.4 Å². The maximum absolute atomic E-state index is 11.9. The van der Waals surface area contributed by atoms with Gasteiger partial charge in [0.15, 0.2) is 0 Å². The van der Waals surface area contributed by atoms with E-state index in [1.165, 1.54) is 12.8 Å². The summed E-state index contributed by atoms with van der Waals surface area (Å²) in [7, 11) is 0. The third-order valence-electron chi connectivity index (χ3n) is 3.85. The van der Waals surface area contributed by atoms with Crippen LogP contribution in [0, 0.1) is 0 Å². The first-order valence-electron chi connectivity index (χ1n) is 6.64. The lowest BCUT2D eigenvalue weighted by atomic mass is 9.94. The molecule has 0 spiro atoms. The second kappa shape index (κ2) is 6.24. The Kier molecular flexibility index (Phi) is 5.26. The maximum Gasteiger partial charge on any atom is 0.221 e. The highest BCUT2D eigenvalue weighted by Crippen LogP contribution is 2.15. The van der Waals surface area contributed by atoms with Crippen molar-refractivity contribution in [1.29, 1.82) is 0 Å². The number of carbonyl (C=O) groups excluding carboxylic acids is 1. The summed E-state index contributed by atoms with van der Waals surface area (Å²) in [6.07, 6.45) is 6.27. The molecule has 1 amide bonds. The lowest BCUT2D eigenvalue weighted by Gasteiger charge is -2.30. The molecule has 3 heteroatoms. The predicted octanol–water partition coefficient (Wildman–Crippen LogP) is 2.21. The summed E-state index contributed by atoms with van der Waals surface area (Å²) in [4.78, 5) is 11.9. The molecule has 0 aromatic rings. The normalized spacial score (nSPS) is 21.8. The smallest absolute Gasteiger partial charge is 0.221 e. The fourth-order valence-corrected chi connectivity index (χ4v) is 2.14. The van der Waals surface area contributed by atoms with Gasteiger partial charge in [-0.1, -0.05) is 20.3 Å². The number of hydrogen-bond acceptors (Lipinski definition) is 2. The Hall–Kier alpha value is -0.570. The molecule has 1 atom stereocenters. The van der Waals surface area contributed by atoms with Crippen LogP contribution >= 0.6 is 0 Å². The standard InChI is InChI=1S/C13H26N2O/c1-4-13(3,5-2)15-12(16)10-11-8-6-7-9-14-11/h11,14H,4-10H2,1-3H3,(H,15,16). The predicted molar refractivity (Wildman–Crippen MR) is 67.4 cm³/mol. The van der Waals surface area contributed by atoms with Crippen molar-refractivity contribution in [2.45, 2.75) is 70.9 Å². The van der Waals surface area contributed by atoms with Crippen LogP contribution in [0.3, 0.4) is 0 Å². The van der Waals surface area contributed by atoms with E-state index < -0.39 is 0 Å². The molecule has 1 aliphatic heterocycles. The van der Waals surface area contributed by atoms with Crippen LogP contribution in [0.5, 0.6) is 0 Å². The highest BCUT2D eigenvalue weighted by molar-refractivity contribution is 5.77. The van der Waals surface area contributed by atoms with Gasteiger partial charge in [-0.25, -0.2) is 0 Å². The van der Waals surface area contributed by atoms with Gasteiger partial charge in [-0.3, -0.25) is 4.79 Å². The fraction of sp³-hybridized carbons (Fsp3) is 0.923. The molecule has 1 fully saturated rings. The molecular formula is C13H26N2O. The summed E-state index contributed by atoms with van der Waals surface area (Å²) in [5, 5.41) is 6.57. The first kappa shape index (κ1) is 13.5. The van der Waals surface area contributed by atoms with Gasteiger partial charge in [-0.05, 0) is 39.2 Å². The molecule has 16 heavy (non-hydrogen) atoms. The molecule has 1 heterocycles. The molecule has 94 valence electrons. The fourth-order valence-electron chi connectivity index (χ4n) is 2.14. The Morgan fingerprint density at radius 2 is 2.06 bits per heavy atom. The van der Waals surface area contributed by atoms with Gasteiger partial charge in [-0.15, -0.1) is 0 Å². The van der Waals surface area contributed by atoms with Crippen molar-refractivity contribution in [3.05, 3.63) is 0 Å². The van der Waals surface area contributed by atoms with Crippen molar-refractivity contribution >= 4 is 5.91 Å². The van der Waals surface area contributed by atoms with Gasteiger partial charge in [0.1, 0.15) is 0 Å². The first-order valence-corrected chi connectivity index (χ1v) is 6.64. The number of rotatable bonds is 5. The van der Waals surface area contributed by atoms with E-state index in [1.54, 1.807) is 0 Å². The zero-order valence-electron chi connectivity index (χ0n) is 10.9. The van der Waals surface area contributed by atoms with Crippen LogP contribution in [0.1, 0.15) is 59.3 Å². The van der Waals surface area contributed by atoms with Crippen molar-refractivity contribution < 1.29 is 4.79 Å². The van der Waals surface area contributed by atoms with Crippen LogP contribution in [-0.2, 0) is 4.79 Å². The molecule has 0 aromatic heterocycles. The number of hydrogen-bond donors (Lipinski definition) is 2. The average molecular weight is 226 g/mol. The third-order valence-corrected chi connectivity index (χ3v) is 3.85. The molecule has 1 aliphatic rings. The van der Waals surface area contributed by atoms with E-state index in [1.807, 2.05) is 0 Å². The quantitative estimate of drug-likeness (QED) is 0.754. The van der Waals surface area contributed by atoms with Crippen molar-refractivity contribution in [3.8, 4) is 0 Å². The number of nitrogens with one attached hydrogen (secondary N) is 2.